The number of carbonyl (C=O) groups excluding carboxylic acids is 1. The van der Waals surface area contributed by atoms with E-state index in [0.29, 0.717) is 10.6 Å². The van der Waals surface area contributed by atoms with Crippen LogP contribution in [-0.2, 0) is 11.3 Å². The molecule has 6 nitrogen and oxygen atoms in total. The van der Waals surface area contributed by atoms with Crippen LogP contribution in [-0.4, -0.2) is 21.6 Å². The molecule has 1 rings (SSSR count). The van der Waals surface area contributed by atoms with Crippen molar-refractivity contribution < 1.29 is 14.9 Å². The molecule has 0 spiro atoms. The molecule has 14 heavy (non-hydrogen) atoms. The van der Waals surface area contributed by atoms with Gasteiger partial charge >= 0.3 is 0 Å². The molecule has 1 amide bonds. The first-order valence-electron chi connectivity index (χ1n) is 3.77. The highest BCUT2D eigenvalue weighted by atomic mass is 16.6. The average Bonchev–Trinajstić information content (AvgIpc) is 2.18. The standard InChI is InChI=1S/C8H8N2O4/c11-6-9(12)5-7-2-1-3-8(4-7)10(13)14/h1-4,6,12H,5H2. The molecule has 1 N–H and O–H groups in total. The van der Waals surface area contributed by atoms with Crippen LogP contribution in [0.4, 0.5) is 5.69 Å². The number of benzene rings is 1. The molecule has 1 aromatic rings. The molecule has 0 saturated heterocycles. The van der Waals surface area contributed by atoms with Gasteiger partial charge in [-0.3, -0.25) is 20.1 Å². The molecule has 0 atom stereocenters. The van der Waals surface area contributed by atoms with Crippen molar-refractivity contribution in [3.05, 3.63) is 39.9 Å². The van der Waals surface area contributed by atoms with Crippen LogP contribution in [0.15, 0.2) is 24.3 Å². The lowest BCUT2D eigenvalue weighted by Crippen LogP contribution is -2.15. The lowest BCUT2D eigenvalue weighted by Gasteiger charge is -2.07. The maximum Gasteiger partial charge on any atom is 0.269 e. The Labute approximate surface area is 79.5 Å². The first-order valence-corrected chi connectivity index (χ1v) is 3.77. The van der Waals surface area contributed by atoms with Gasteiger partial charge in [-0.05, 0) is 5.56 Å². The Morgan fingerprint density at radius 2 is 2.29 bits per heavy atom. The molecule has 0 heterocycles. The minimum absolute atomic E-state index is 0.0643. The molecule has 0 unspecified atom stereocenters. The van der Waals surface area contributed by atoms with Crippen molar-refractivity contribution in [3.63, 3.8) is 0 Å². The van der Waals surface area contributed by atoms with E-state index in [0.717, 1.165) is 0 Å². The molecular formula is C8H8N2O4. The summed E-state index contributed by atoms with van der Waals surface area (Å²) in [6.07, 6.45) is 0.235. The molecular weight excluding hydrogens is 188 g/mol. The van der Waals surface area contributed by atoms with Crippen molar-refractivity contribution in [2.75, 3.05) is 0 Å². The second-order valence-corrected chi connectivity index (χ2v) is 2.63. The lowest BCUT2D eigenvalue weighted by atomic mass is 10.2. The fourth-order valence-electron chi connectivity index (χ4n) is 0.993. The SMILES string of the molecule is O=CN(O)Cc1cccc([N+](=O)[O-])c1. The summed E-state index contributed by atoms with van der Waals surface area (Å²) in [6, 6.07) is 5.71. The molecule has 0 saturated carbocycles. The zero-order chi connectivity index (χ0) is 10.6. The maximum absolute atomic E-state index is 10.4. The van der Waals surface area contributed by atoms with E-state index in [1.54, 1.807) is 6.07 Å². The third-order valence-corrected chi connectivity index (χ3v) is 1.59. The highest BCUT2D eigenvalue weighted by Crippen LogP contribution is 2.13. The smallest absolute Gasteiger partial charge is 0.269 e. The second-order valence-electron chi connectivity index (χ2n) is 2.63. The number of carbonyl (C=O) groups is 1. The fraction of sp³-hybridized carbons (Fsp3) is 0.125. The molecule has 0 radical (unpaired) electrons. The van der Waals surface area contributed by atoms with Crippen LogP contribution >= 0.6 is 0 Å². The number of amides is 1. The van der Waals surface area contributed by atoms with Crippen LogP contribution in [0.5, 0.6) is 0 Å². The van der Waals surface area contributed by atoms with E-state index in [1.807, 2.05) is 0 Å². The van der Waals surface area contributed by atoms with Crippen LogP contribution in [0.2, 0.25) is 0 Å². The molecule has 1 aromatic carbocycles. The van der Waals surface area contributed by atoms with Crippen LogP contribution in [0.3, 0.4) is 0 Å². The first-order chi connectivity index (χ1) is 6.63. The number of hydrogen-bond acceptors (Lipinski definition) is 4. The summed E-state index contributed by atoms with van der Waals surface area (Å²) in [5, 5.41) is 19.6. The van der Waals surface area contributed by atoms with Gasteiger partial charge in [0.15, 0.2) is 0 Å². The average molecular weight is 196 g/mol. The quantitative estimate of drug-likeness (QED) is 0.336. The highest BCUT2D eigenvalue weighted by Gasteiger charge is 2.06. The van der Waals surface area contributed by atoms with Crippen LogP contribution in [0.25, 0.3) is 0 Å². The van der Waals surface area contributed by atoms with Crippen molar-refractivity contribution in [2.45, 2.75) is 6.54 Å². The van der Waals surface area contributed by atoms with E-state index < -0.39 is 4.92 Å². The summed E-state index contributed by atoms with van der Waals surface area (Å²) in [7, 11) is 0. The van der Waals surface area contributed by atoms with E-state index in [9.17, 15) is 14.9 Å². The predicted octanol–water partition coefficient (Wildman–Crippen LogP) is 0.942. The summed E-state index contributed by atoms with van der Waals surface area (Å²) >= 11 is 0. The van der Waals surface area contributed by atoms with Gasteiger partial charge in [0.25, 0.3) is 5.69 Å². The molecule has 6 heteroatoms. The van der Waals surface area contributed by atoms with E-state index >= 15 is 0 Å². The lowest BCUT2D eigenvalue weighted by molar-refractivity contribution is -0.384. The van der Waals surface area contributed by atoms with Crippen LogP contribution < -0.4 is 0 Å². The topological polar surface area (TPSA) is 83.7 Å². The van der Waals surface area contributed by atoms with Crippen LogP contribution in [0, 0.1) is 10.1 Å². The summed E-state index contributed by atoms with van der Waals surface area (Å²) < 4.78 is 0. The zero-order valence-corrected chi connectivity index (χ0v) is 7.16. The van der Waals surface area contributed by atoms with Crippen molar-refractivity contribution in [1.29, 1.82) is 0 Å². The fourth-order valence-corrected chi connectivity index (χ4v) is 0.993. The van der Waals surface area contributed by atoms with Crippen molar-refractivity contribution in [2.24, 2.45) is 0 Å². The molecule has 0 aromatic heterocycles. The summed E-state index contributed by atoms with van der Waals surface area (Å²) in [5.74, 6) is 0. The Hall–Kier alpha value is -1.95. The Morgan fingerprint density at radius 3 is 2.86 bits per heavy atom. The number of non-ortho nitro benzene ring substituents is 1. The van der Waals surface area contributed by atoms with E-state index in [-0.39, 0.29) is 18.6 Å². The number of hydrogen-bond donors (Lipinski definition) is 1. The Morgan fingerprint density at radius 1 is 1.57 bits per heavy atom. The van der Waals surface area contributed by atoms with Crippen molar-refractivity contribution in [1.82, 2.24) is 5.06 Å². The van der Waals surface area contributed by atoms with Crippen molar-refractivity contribution in [3.8, 4) is 0 Å². The number of rotatable bonds is 4. The number of nitro groups is 1. The number of nitrogens with zero attached hydrogens (tertiary/aromatic N) is 2. The Kier molecular flexibility index (Phi) is 3.14. The summed E-state index contributed by atoms with van der Waals surface area (Å²) in [6.45, 7) is -0.0643. The van der Waals surface area contributed by atoms with Gasteiger partial charge in [-0.25, -0.2) is 5.06 Å². The largest absolute Gasteiger partial charge is 0.286 e. The molecule has 0 aliphatic rings. The normalized spacial score (nSPS) is 9.50. The number of nitro benzene ring substituents is 1. The van der Waals surface area contributed by atoms with E-state index in [2.05, 4.69) is 0 Å². The maximum atomic E-state index is 10.4. The van der Waals surface area contributed by atoms with E-state index in [4.69, 9.17) is 5.21 Å². The zero-order valence-electron chi connectivity index (χ0n) is 7.16. The van der Waals surface area contributed by atoms with Gasteiger partial charge in [0.1, 0.15) is 0 Å². The Balaban J connectivity index is 2.83. The van der Waals surface area contributed by atoms with Gasteiger partial charge in [0, 0.05) is 12.1 Å². The third-order valence-electron chi connectivity index (χ3n) is 1.59. The molecule has 0 bridgehead atoms. The van der Waals surface area contributed by atoms with Crippen molar-refractivity contribution >= 4 is 12.1 Å². The van der Waals surface area contributed by atoms with Gasteiger partial charge in [0.2, 0.25) is 6.41 Å². The van der Waals surface area contributed by atoms with Gasteiger partial charge in [-0.1, -0.05) is 12.1 Å². The van der Waals surface area contributed by atoms with Gasteiger partial charge in [0.05, 0.1) is 11.5 Å². The van der Waals surface area contributed by atoms with Crippen LogP contribution in [0.1, 0.15) is 5.56 Å². The van der Waals surface area contributed by atoms with Gasteiger partial charge in [-0.2, -0.15) is 0 Å². The third kappa shape index (κ3) is 2.53. The minimum Gasteiger partial charge on any atom is -0.286 e. The molecule has 0 fully saturated rings. The molecule has 0 aliphatic carbocycles. The second kappa shape index (κ2) is 4.33. The summed E-state index contributed by atoms with van der Waals surface area (Å²) in [5.41, 5.74) is 0.426. The molecule has 0 aliphatic heterocycles. The van der Waals surface area contributed by atoms with E-state index in [1.165, 1.54) is 18.2 Å². The first kappa shape index (κ1) is 10.1. The minimum atomic E-state index is -0.536. The van der Waals surface area contributed by atoms with Gasteiger partial charge in [-0.15, -0.1) is 0 Å². The molecule has 74 valence electrons. The predicted molar refractivity (Wildman–Crippen MR) is 46.5 cm³/mol. The summed E-state index contributed by atoms with van der Waals surface area (Å²) in [4.78, 5) is 19.9. The van der Waals surface area contributed by atoms with Gasteiger partial charge < -0.3 is 0 Å². The Bertz CT molecular complexity index is 353. The monoisotopic (exact) mass is 196 g/mol. The number of hydroxylamine groups is 2. The highest BCUT2D eigenvalue weighted by molar-refractivity contribution is 5.45.